The Morgan fingerprint density at radius 1 is 0.879 bits per heavy atom. The van der Waals surface area contributed by atoms with Crippen molar-refractivity contribution in [3.8, 4) is 17.2 Å². The topological polar surface area (TPSA) is 96.7 Å². The summed E-state index contributed by atoms with van der Waals surface area (Å²) in [4.78, 5) is 38.7. The summed E-state index contributed by atoms with van der Waals surface area (Å²) >= 11 is 0. The largest absolute Gasteiger partial charge is 0.497 e. The second-order valence-corrected chi connectivity index (χ2v) is 7.01. The molecule has 1 aromatic heterocycles. The van der Waals surface area contributed by atoms with Gasteiger partial charge in [0, 0.05) is 5.39 Å². The van der Waals surface area contributed by atoms with Gasteiger partial charge >= 0.3 is 5.97 Å². The highest BCUT2D eigenvalue weighted by Crippen LogP contribution is 2.24. The number of benzene rings is 3. The van der Waals surface area contributed by atoms with Gasteiger partial charge in [-0.05, 0) is 36.4 Å². The molecule has 0 aliphatic rings. The number of hydrogen-bond donors (Lipinski definition) is 0. The molecule has 8 nitrogen and oxygen atoms in total. The lowest BCUT2D eigenvalue weighted by atomic mass is 10.1. The van der Waals surface area contributed by atoms with Gasteiger partial charge in [0.1, 0.15) is 11.5 Å². The average molecular weight is 444 g/mol. The molecule has 0 amide bonds. The number of nitrogens with zero attached hydrogens (tertiary/aromatic N) is 2. The summed E-state index contributed by atoms with van der Waals surface area (Å²) < 4.78 is 16.8. The van der Waals surface area contributed by atoms with Crippen LogP contribution in [0.3, 0.4) is 0 Å². The standard InChI is InChI=1S/C25H20N2O6/c1-31-17-12-13-22(32-2)20(14-17)21(28)15-33-25(30)23-18-10-6-7-11-19(18)24(29)27(26-23)16-8-4-3-5-9-16/h3-14H,15H2,1-2H3. The highest BCUT2D eigenvalue weighted by atomic mass is 16.5. The summed E-state index contributed by atoms with van der Waals surface area (Å²) in [7, 11) is 2.92. The third-order valence-corrected chi connectivity index (χ3v) is 5.04. The number of methoxy groups -OCH3 is 2. The molecular weight excluding hydrogens is 424 g/mol. The number of para-hydroxylation sites is 1. The minimum Gasteiger partial charge on any atom is -0.497 e. The molecule has 0 fully saturated rings. The van der Waals surface area contributed by atoms with Gasteiger partial charge in [0.05, 0.1) is 30.9 Å². The first-order chi connectivity index (χ1) is 16.0. The molecule has 0 bridgehead atoms. The van der Waals surface area contributed by atoms with E-state index in [0.717, 1.165) is 4.68 Å². The molecule has 0 atom stereocenters. The Hall–Kier alpha value is -4.46. The Morgan fingerprint density at radius 2 is 1.58 bits per heavy atom. The third-order valence-electron chi connectivity index (χ3n) is 5.04. The van der Waals surface area contributed by atoms with Crippen LogP contribution < -0.4 is 15.0 Å². The van der Waals surface area contributed by atoms with E-state index >= 15 is 0 Å². The number of aromatic nitrogens is 2. The average Bonchev–Trinajstić information content (AvgIpc) is 2.87. The minimum atomic E-state index is -0.828. The Bertz CT molecular complexity index is 1400. The summed E-state index contributed by atoms with van der Waals surface area (Å²) in [6, 6.07) is 20.1. The summed E-state index contributed by atoms with van der Waals surface area (Å²) in [6.45, 7) is -0.539. The van der Waals surface area contributed by atoms with E-state index in [1.54, 1.807) is 60.7 Å². The number of esters is 1. The summed E-state index contributed by atoms with van der Waals surface area (Å²) in [6.07, 6.45) is 0. The second kappa shape index (κ2) is 9.35. The number of rotatable bonds is 7. The van der Waals surface area contributed by atoms with Crippen LogP contribution in [0.1, 0.15) is 20.8 Å². The predicted octanol–water partition coefficient (Wildman–Crippen LogP) is 3.44. The molecule has 0 unspecified atom stereocenters. The monoisotopic (exact) mass is 444 g/mol. The molecule has 166 valence electrons. The highest BCUT2D eigenvalue weighted by Gasteiger charge is 2.21. The SMILES string of the molecule is COc1ccc(OC)c(C(=O)COC(=O)c2nn(-c3ccccc3)c(=O)c3ccccc23)c1. The molecule has 0 spiro atoms. The number of carbonyl (C=O) groups is 2. The zero-order chi connectivity index (χ0) is 23.4. The van der Waals surface area contributed by atoms with Crippen LogP contribution in [0.2, 0.25) is 0 Å². The van der Waals surface area contributed by atoms with E-state index in [1.807, 2.05) is 6.07 Å². The van der Waals surface area contributed by atoms with E-state index in [9.17, 15) is 14.4 Å². The lowest BCUT2D eigenvalue weighted by Crippen LogP contribution is -2.26. The number of ether oxygens (including phenoxy) is 3. The Morgan fingerprint density at radius 3 is 2.27 bits per heavy atom. The molecule has 4 aromatic rings. The van der Waals surface area contributed by atoms with Crippen molar-refractivity contribution in [3.63, 3.8) is 0 Å². The van der Waals surface area contributed by atoms with Crippen molar-refractivity contribution in [2.75, 3.05) is 20.8 Å². The molecule has 33 heavy (non-hydrogen) atoms. The van der Waals surface area contributed by atoms with E-state index in [2.05, 4.69) is 5.10 Å². The van der Waals surface area contributed by atoms with Gasteiger partial charge < -0.3 is 14.2 Å². The van der Waals surface area contributed by atoms with E-state index in [0.29, 0.717) is 28.0 Å². The quantitative estimate of drug-likeness (QED) is 0.318. The van der Waals surface area contributed by atoms with Gasteiger partial charge in [0.15, 0.2) is 12.3 Å². The lowest BCUT2D eigenvalue weighted by molar-refractivity contribution is 0.0468. The van der Waals surface area contributed by atoms with Crippen LogP contribution in [0.15, 0.2) is 77.6 Å². The molecular formula is C25H20N2O6. The van der Waals surface area contributed by atoms with Crippen molar-refractivity contribution >= 4 is 22.5 Å². The number of hydrogen-bond acceptors (Lipinski definition) is 7. The maximum absolute atomic E-state index is 13.0. The first kappa shape index (κ1) is 21.8. The zero-order valence-electron chi connectivity index (χ0n) is 18.0. The second-order valence-electron chi connectivity index (χ2n) is 7.01. The molecule has 0 saturated heterocycles. The Balaban J connectivity index is 1.67. The molecule has 0 N–H and O–H groups in total. The van der Waals surface area contributed by atoms with Gasteiger partial charge in [-0.25, -0.2) is 4.79 Å². The minimum absolute atomic E-state index is 0.0699. The van der Waals surface area contributed by atoms with Gasteiger partial charge in [-0.15, -0.1) is 0 Å². The van der Waals surface area contributed by atoms with E-state index in [4.69, 9.17) is 14.2 Å². The van der Waals surface area contributed by atoms with Crippen LogP contribution in [-0.2, 0) is 4.74 Å². The third kappa shape index (κ3) is 4.31. The first-order valence-corrected chi connectivity index (χ1v) is 10.0. The first-order valence-electron chi connectivity index (χ1n) is 10.0. The smallest absolute Gasteiger partial charge is 0.359 e. The lowest BCUT2D eigenvalue weighted by Gasteiger charge is -2.12. The fourth-order valence-electron chi connectivity index (χ4n) is 3.39. The van der Waals surface area contributed by atoms with Crippen LogP contribution in [0.4, 0.5) is 0 Å². The fourth-order valence-corrected chi connectivity index (χ4v) is 3.39. The van der Waals surface area contributed by atoms with Crippen molar-refractivity contribution in [2.24, 2.45) is 0 Å². The predicted molar refractivity (Wildman–Crippen MR) is 121 cm³/mol. The van der Waals surface area contributed by atoms with Crippen molar-refractivity contribution in [2.45, 2.75) is 0 Å². The molecule has 0 aliphatic carbocycles. The molecule has 0 radical (unpaired) electrons. The Kier molecular flexibility index (Phi) is 6.17. The fraction of sp³-hybridized carbons (Fsp3) is 0.120. The number of fused-ring (bicyclic) bond motifs is 1. The van der Waals surface area contributed by atoms with Crippen LogP contribution in [-0.4, -0.2) is 42.4 Å². The van der Waals surface area contributed by atoms with Gasteiger partial charge in [-0.3, -0.25) is 9.59 Å². The van der Waals surface area contributed by atoms with E-state index < -0.39 is 18.4 Å². The number of Topliss-reactive ketones (excluding diaryl/α,β-unsaturated/α-hetero) is 1. The highest BCUT2D eigenvalue weighted by molar-refractivity contribution is 6.05. The summed E-state index contributed by atoms with van der Waals surface area (Å²) in [5.41, 5.74) is 0.279. The van der Waals surface area contributed by atoms with Gasteiger partial charge in [-0.1, -0.05) is 36.4 Å². The van der Waals surface area contributed by atoms with E-state index in [1.165, 1.54) is 20.3 Å². The van der Waals surface area contributed by atoms with Gasteiger partial charge in [-0.2, -0.15) is 9.78 Å². The van der Waals surface area contributed by atoms with Crippen molar-refractivity contribution in [3.05, 3.63) is 94.4 Å². The number of ketones is 1. The number of carbonyl (C=O) groups excluding carboxylic acids is 2. The molecule has 3 aromatic carbocycles. The maximum Gasteiger partial charge on any atom is 0.359 e. The molecule has 4 rings (SSSR count). The zero-order valence-corrected chi connectivity index (χ0v) is 18.0. The molecule has 0 saturated carbocycles. The van der Waals surface area contributed by atoms with Crippen molar-refractivity contribution < 1.29 is 23.8 Å². The summed E-state index contributed by atoms with van der Waals surface area (Å²) in [5, 5.41) is 4.90. The molecule has 1 heterocycles. The van der Waals surface area contributed by atoms with Gasteiger partial charge in [0.2, 0.25) is 5.78 Å². The molecule has 0 aliphatic heterocycles. The normalized spacial score (nSPS) is 10.6. The van der Waals surface area contributed by atoms with E-state index in [-0.39, 0.29) is 16.8 Å². The Labute approximate surface area is 188 Å². The molecule has 8 heteroatoms. The van der Waals surface area contributed by atoms with Gasteiger partial charge in [0.25, 0.3) is 5.56 Å². The summed E-state index contributed by atoms with van der Waals surface area (Å²) in [5.74, 6) is -0.503. The van der Waals surface area contributed by atoms with Crippen LogP contribution in [0.25, 0.3) is 16.5 Å². The van der Waals surface area contributed by atoms with Crippen LogP contribution in [0.5, 0.6) is 11.5 Å². The van der Waals surface area contributed by atoms with Crippen molar-refractivity contribution in [1.29, 1.82) is 0 Å². The maximum atomic E-state index is 13.0. The van der Waals surface area contributed by atoms with Crippen LogP contribution in [0, 0.1) is 0 Å². The van der Waals surface area contributed by atoms with Crippen LogP contribution >= 0.6 is 0 Å². The van der Waals surface area contributed by atoms with Crippen molar-refractivity contribution in [1.82, 2.24) is 9.78 Å².